The third-order valence-electron chi connectivity index (χ3n) is 6.47. The van der Waals surface area contributed by atoms with Gasteiger partial charge in [-0.05, 0) is 30.2 Å². The number of aryl methyl sites for hydroxylation is 1. The number of benzene rings is 1. The second-order valence-corrected chi connectivity index (χ2v) is 8.51. The third kappa shape index (κ3) is 3.22. The number of nitrogens with one attached hydrogen (secondary N) is 2. The maximum absolute atomic E-state index is 14.4. The van der Waals surface area contributed by atoms with Crippen LogP contribution in [0.1, 0.15) is 24.1 Å². The van der Waals surface area contributed by atoms with Crippen molar-refractivity contribution in [2.75, 3.05) is 25.1 Å². The van der Waals surface area contributed by atoms with E-state index >= 15 is 0 Å². The summed E-state index contributed by atoms with van der Waals surface area (Å²) >= 11 is 0. The van der Waals surface area contributed by atoms with E-state index in [1.165, 1.54) is 6.07 Å². The standard InChI is InChI=1S/C22H24FN5O5/c1-2-10-6-12-20(27-19(10)25-13-7-30-15-5-3-4-11(23)17(13)15)28-21(26-12)33-16-9-31-18-14(29)8-32-22(16,18)24/h3-6,13-14,16,18,29H,2,7-9,24H2,1H3,(H2,25,26,27,28)/t13?,14-,16-,18-,22-/m1/s1. The molecule has 5 N–H and O–H groups in total. The molecular formula is C22H24FN5O5. The molecule has 0 bridgehead atoms. The molecule has 33 heavy (non-hydrogen) atoms. The van der Waals surface area contributed by atoms with E-state index in [2.05, 4.69) is 20.3 Å². The summed E-state index contributed by atoms with van der Waals surface area (Å²) in [6, 6.07) is 6.60. The van der Waals surface area contributed by atoms with Crippen LogP contribution in [0, 0.1) is 5.82 Å². The Morgan fingerprint density at radius 3 is 3.06 bits per heavy atom. The molecule has 2 saturated heterocycles. The Hall–Kier alpha value is -2.99. The van der Waals surface area contributed by atoms with E-state index in [0.717, 1.165) is 5.56 Å². The number of fused-ring (bicyclic) bond motifs is 3. The fourth-order valence-corrected chi connectivity index (χ4v) is 4.73. The van der Waals surface area contributed by atoms with Crippen LogP contribution in [0.2, 0.25) is 0 Å². The van der Waals surface area contributed by atoms with Crippen molar-refractivity contribution < 1.29 is 28.4 Å². The van der Waals surface area contributed by atoms with Crippen molar-refractivity contribution >= 4 is 17.0 Å². The quantitative estimate of drug-likeness (QED) is 0.448. The molecular weight excluding hydrogens is 433 g/mol. The fraction of sp³-hybridized carbons (Fsp3) is 0.455. The van der Waals surface area contributed by atoms with Gasteiger partial charge in [0.2, 0.25) is 0 Å². The summed E-state index contributed by atoms with van der Waals surface area (Å²) < 4.78 is 37.1. The van der Waals surface area contributed by atoms with Crippen LogP contribution < -0.4 is 20.5 Å². The average Bonchev–Trinajstić information content (AvgIpc) is 3.53. The van der Waals surface area contributed by atoms with E-state index < -0.39 is 24.0 Å². The van der Waals surface area contributed by atoms with E-state index in [1.807, 2.05) is 13.0 Å². The Bertz CT molecular complexity index is 1220. The van der Waals surface area contributed by atoms with E-state index in [9.17, 15) is 9.50 Å². The lowest BCUT2D eigenvalue weighted by atomic mass is 10.0. The lowest BCUT2D eigenvalue weighted by Gasteiger charge is -2.27. The van der Waals surface area contributed by atoms with Gasteiger partial charge in [0.1, 0.15) is 36.2 Å². The summed E-state index contributed by atoms with van der Waals surface area (Å²) in [6.45, 7) is 2.58. The second kappa shape index (κ2) is 7.52. The van der Waals surface area contributed by atoms with E-state index in [0.29, 0.717) is 41.3 Å². The van der Waals surface area contributed by atoms with Crippen LogP contribution in [-0.2, 0) is 15.9 Å². The van der Waals surface area contributed by atoms with Crippen molar-refractivity contribution in [2.45, 2.75) is 43.4 Å². The summed E-state index contributed by atoms with van der Waals surface area (Å²) in [5, 5.41) is 13.3. The van der Waals surface area contributed by atoms with Gasteiger partial charge in [0.05, 0.1) is 30.3 Å². The summed E-state index contributed by atoms with van der Waals surface area (Å²) in [6.07, 6.45) is -1.38. The van der Waals surface area contributed by atoms with Gasteiger partial charge < -0.3 is 34.4 Å². The highest BCUT2D eigenvalue weighted by molar-refractivity contribution is 5.76. The lowest BCUT2D eigenvalue weighted by Crippen LogP contribution is -2.57. The number of pyridine rings is 1. The van der Waals surface area contributed by atoms with Gasteiger partial charge in [0, 0.05) is 0 Å². The number of aromatic nitrogens is 3. The highest BCUT2D eigenvalue weighted by Gasteiger charge is 2.59. The van der Waals surface area contributed by atoms with Crippen LogP contribution in [-0.4, -0.2) is 63.9 Å². The van der Waals surface area contributed by atoms with Gasteiger partial charge in [-0.2, -0.15) is 4.98 Å². The number of aliphatic hydroxyl groups is 1. The highest BCUT2D eigenvalue weighted by Crippen LogP contribution is 2.38. The molecule has 11 heteroatoms. The molecule has 0 aliphatic carbocycles. The molecule has 10 nitrogen and oxygen atoms in total. The molecule has 1 unspecified atom stereocenters. The zero-order valence-electron chi connectivity index (χ0n) is 17.9. The molecule has 0 spiro atoms. The molecule has 3 aliphatic heterocycles. The number of halogens is 1. The average molecular weight is 457 g/mol. The maximum Gasteiger partial charge on any atom is 0.296 e. The van der Waals surface area contributed by atoms with Crippen molar-refractivity contribution in [3.8, 4) is 11.8 Å². The fourth-order valence-electron chi connectivity index (χ4n) is 4.73. The van der Waals surface area contributed by atoms with Gasteiger partial charge in [-0.15, -0.1) is 0 Å². The van der Waals surface area contributed by atoms with Crippen molar-refractivity contribution in [3.05, 3.63) is 41.2 Å². The monoisotopic (exact) mass is 457 g/mol. The van der Waals surface area contributed by atoms with Crippen molar-refractivity contribution in [2.24, 2.45) is 5.73 Å². The molecule has 2 fully saturated rings. The van der Waals surface area contributed by atoms with Gasteiger partial charge in [-0.25, -0.2) is 9.37 Å². The topological polar surface area (TPSA) is 137 Å². The van der Waals surface area contributed by atoms with Crippen LogP contribution in [0.3, 0.4) is 0 Å². The van der Waals surface area contributed by atoms with Crippen LogP contribution in [0.4, 0.5) is 10.2 Å². The summed E-state index contributed by atoms with van der Waals surface area (Å²) in [5.74, 6) is 0.827. The maximum atomic E-state index is 14.4. The van der Waals surface area contributed by atoms with Crippen LogP contribution in [0.15, 0.2) is 24.3 Å². The van der Waals surface area contributed by atoms with E-state index in [1.54, 1.807) is 12.1 Å². The normalized spacial score (nSPS) is 30.3. The Morgan fingerprint density at radius 2 is 2.21 bits per heavy atom. The molecule has 0 saturated carbocycles. The van der Waals surface area contributed by atoms with Gasteiger partial charge in [-0.1, -0.05) is 13.0 Å². The zero-order chi connectivity index (χ0) is 22.7. The predicted octanol–water partition coefficient (Wildman–Crippen LogP) is 1.40. The number of hydrogen-bond donors (Lipinski definition) is 4. The first-order valence-corrected chi connectivity index (χ1v) is 10.9. The Kier molecular flexibility index (Phi) is 4.70. The van der Waals surface area contributed by atoms with Crippen LogP contribution in [0.25, 0.3) is 11.2 Å². The number of rotatable bonds is 5. The first-order chi connectivity index (χ1) is 16.0. The number of aliphatic hydroxyl groups excluding tert-OH is 1. The molecule has 0 amide bonds. The smallest absolute Gasteiger partial charge is 0.296 e. The second-order valence-electron chi connectivity index (χ2n) is 8.51. The van der Waals surface area contributed by atoms with Gasteiger partial charge in [-0.3, -0.25) is 5.73 Å². The van der Waals surface area contributed by atoms with Crippen LogP contribution in [0.5, 0.6) is 11.8 Å². The molecule has 174 valence electrons. The first-order valence-electron chi connectivity index (χ1n) is 10.9. The number of aromatic amines is 1. The zero-order valence-corrected chi connectivity index (χ0v) is 17.9. The number of H-pyrrole nitrogens is 1. The number of anilines is 1. The number of ether oxygens (including phenoxy) is 4. The molecule has 2 aromatic heterocycles. The Morgan fingerprint density at radius 1 is 1.33 bits per heavy atom. The number of nitrogens with two attached hydrogens (primary N) is 1. The molecule has 3 aliphatic rings. The minimum atomic E-state index is -1.24. The summed E-state index contributed by atoms with van der Waals surface area (Å²) in [5.41, 5.74) is 7.63. The third-order valence-corrected chi connectivity index (χ3v) is 6.47. The largest absolute Gasteiger partial charge is 0.491 e. The number of nitrogens with zero attached hydrogens (tertiary/aromatic N) is 2. The predicted molar refractivity (Wildman–Crippen MR) is 115 cm³/mol. The molecule has 5 atom stereocenters. The molecule has 6 rings (SSSR count). The Labute approximate surface area is 188 Å². The minimum absolute atomic E-state index is 0.0895. The van der Waals surface area contributed by atoms with E-state index in [-0.39, 0.29) is 31.1 Å². The molecule has 3 aromatic rings. The van der Waals surface area contributed by atoms with Gasteiger partial charge in [0.15, 0.2) is 17.5 Å². The lowest BCUT2D eigenvalue weighted by molar-refractivity contribution is -0.0647. The summed E-state index contributed by atoms with van der Waals surface area (Å²) in [7, 11) is 0. The van der Waals surface area contributed by atoms with Gasteiger partial charge >= 0.3 is 0 Å². The molecule has 0 radical (unpaired) electrons. The number of imidazole rings is 1. The van der Waals surface area contributed by atoms with Crippen molar-refractivity contribution in [1.82, 2.24) is 15.0 Å². The van der Waals surface area contributed by atoms with Crippen LogP contribution >= 0.6 is 0 Å². The van der Waals surface area contributed by atoms with E-state index in [4.69, 9.17) is 24.7 Å². The van der Waals surface area contributed by atoms with Gasteiger partial charge in [0.25, 0.3) is 6.01 Å². The molecule has 1 aromatic carbocycles. The first kappa shape index (κ1) is 20.6. The molecule has 5 heterocycles. The number of hydrogen-bond acceptors (Lipinski definition) is 9. The summed E-state index contributed by atoms with van der Waals surface area (Å²) in [4.78, 5) is 12.2. The SMILES string of the molecule is CCc1cc2[nH]c(O[C@@H]3CO[C@@H]4[C@H](O)CO[C@@]43N)nc2nc1NC1COc2cccc(F)c21. The highest BCUT2D eigenvalue weighted by atomic mass is 19.1. The van der Waals surface area contributed by atoms with Crippen molar-refractivity contribution in [3.63, 3.8) is 0 Å². The Balaban J connectivity index is 1.27. The van der Waals surface area contributed by atoms with Crippen molar-refractivity contribution in [1.29, 1.82) is 0 Å². The minimum Gasteiger partial charge on any atom is -0.491 e.